The molecule has 0 fully saturated rings. The lowest BCUT2D eigenvalue weighted by Crippen LogP contribution is -2.26. The van der Waals surface area contributed by atoms with E-state index in [1.165, 1.54) is 111 Å². The van der Waals surface area contributed by atoms with Crippen LogP contribution in [-0.2, 0) is 5.41 Å². The van der Waals surface area contributed by atoms with E-state index in [1.54, 1.807) is 0 Å². The van der Waals surface area contributed by atoms with Crippen molar-refractivity contribution in [3.05, 3.63) is 317 Å². The van der Waals surface area contributed by atoms with E-state index in [0.717, 1.165) is 40.5 Å². The van der Waals surface area contributed by atoms with Crippen LogP contribution in [0.5, 0.6) is 0 Å². The third kappa shape index (κ3) is 8.56. The highest BCUT2D eigenvalue weighted by Crippen LogP contribution is 2.66. The maximum atomic E-state index is 2.53. The first-order chi connectivity index (χ1) is 40.3. The van der Waals surface area contributed by atoms with Gasteiger partial charge < -0.3 is 9.80 Å². The molecule has 82 heavy (non-hydrogen) atoms. The minimum absolute atomic E-state index is 0.489. The first-order valence-electron chi connectivity index (χ1n) is 29.3. The minimum atomic E-state index is -0.626. The average molecular weight is 1060 g/mol. The molecule has 0 N–H and O–H groups in total. The zero-order chi connectivity index (χ0) is 56.1. The van der Waals surface area contributed by atoms with Crippen molar-refractivity contribution in [1.82, 2.24) is 0 Å². The van der Waals surface area contributed by atoms with Gasteiger partial charge >= 0.3 is 0 Å². The van der Waals surface area contributed by atoms with Crippen molar-refractivity contribution < 1.29 is 0 Å². The molecule has 11 aromatic carbocycles. The molecule has 0 aromatic heterocycles. The monoisotopic (exact) mass is 1060 g/mol. The van der Waals surface area contributed by atoms with E-state index in [9.17, 15) is 0 Å². The van der Waals surface area contributed by atoms with Gasteiger partial charge in [0.2, 0.25) is 0 Å². The smallest absolute Gasteiger partial charge is 0.0727 e. The second-order valence-corrected chi connectivity index (χ2v) is 22.2. The Hall–Kier alpha value is -9.50. The summed E-state index contributed by atoms with van der Waals surface area (Å²) < 4.78 is 0. The molecule has 1 spiro atoms. The molecule has 2 nitrogen and oxygen atoms in total. The van der Waals surface area contributed by atoms with Gasteiger partial charge in [0.1, 0.15) is 0 Å². The molecule has 398 valence electrons. The number of rotatable bonds is 10. The highest BCUT2D eigenvalue weighted by molar-refractivity contribution is 6.05. The molecule has 0 heterocycles. The molecular weight excluding hydrogens is 989 g/mol. The summed E-state index contributed by atoms with van der Waals surface area (Å²) >= 11 is 0. The fourth-order valence-corrected chi connectivity index (χ4v) is 13.5. The molecule has 14 rings (SSSR count). The summed E-state index contributed by atoms with van der Waals surface area (Å²) in [7, 11) is 0. The topological polar surface area (TPSA) is 6.48 Å². The number of hydrogen-bond acceptors (Lipinski definition) is 2. The summed E-state index contributed by atoms with van der Waals surface area (Å²) in [6.07, 6.45) is 5.78. The van der Waals surface area contributed by atoms with Gasteiger partial charge in [-0.05, 0) is 195 Å². The van der Waals surface area contributed by atoms with Crippen LogP contribution >= 0.6 is 0 Å². The number of nitrogens with zero attached hydrogens (tertiary/aromatic N) is 2. The van der Waals surface area contributed by atoms with Crippen molar-refractivity contribution in [3.8, 4) is 55.6 Å². The molecule has 3 aliphatic rings. The Bertz CT molecular complexity index is 4260. The van der Waals surface area contributed by atoms with Gasteiger partial charge in [-0.1, -0.05) is 233 Å². The highest BCUT2D eigenvalue weighted by Gasteiger charge is 2.53. The lowest BCUT2D eigenvalue weighted by Gasteiger charge is -2.33. The minimum Gasteiger partial charge on any atom is -0.310 e. The molecule has 11 aromatic rings. The predicted octanol–water partition coefficient (Wildman–Crippen LogP) is 22.3. The van der Waals surface area contributed by atoms with Gasteiger partial charge in [-0.25, -0.2) is 0 Å². The maximum absolute atomic E-state index is 2.53. The normalized spacial score (nSPS) is 15.3. The SMILES string of the molecule is CC.CC1=C(c2cc(N(c3ccc(-c4ccccc4)cc3)c3cccc4c3-c3ccccc3C43c4ccccc4-c4c(N(c5ccc(-c6ccccc6)cc5)c5ccc(C)c(-c6ccccc6C)c5)cccc43)ccc2C)C=CCC1C. The van der Waals surface area contributed by atoms with Crippen molar-refractivity contribution in [2.75, 3.05) is 9.80 Å². The van der Waals surface area contributed by atoms with Gasteiger partial charge in [-0.3, -0.25) is 0 Å². The van der Waals surface area contributed by atoms with E-state index in [0.29, 0.717) is 5.92 Å². The second-order valence-electron chi connectivity index (χ2n) is 22.2. The van der Waals surface area contributed by atoms with Crippen LogP contribution in [0.15, 0.2) is 273 Å². The van der Waals surface area contributed by atoms with Crippen molar-refractivity contribution in [1.29, 1.82) is 0 Å². The lowest BCUT2D eigenvalue weighted by atomic mass is 9.70. The van der Waals surface area contributed by atoms with Crippen LogP contribution in [0.1, 0.15) is 78.6 Å². The van der Waals surface area contributed by atoms with Crippen molar-refractivity contribution in [2.45, 2.75) is 60.3 Å². The van der Waals surface area contributed by atoms with Gasteiger partial charge in [0.25, 0.3) is 0 Å². The summed E-state index contributed by atoms with van der Waals surface area (Å²) in [6, 6.07) is 95.3. The molecule has 2 heteroatoms. The molecule has 0 amide bonds. The lowest BCUT2D eigenvalue weighted by molar-refractivity contribution is 0.690. The summed E-state index contributed by atoms with van der Waals surface area (Å²) in [4.78, 5) is 5.04. The van der Waals surface area contributed by atoms with E-state index in [4.69, 9.17) is 0 Å². The summed E-state index contributed by atoms with van der Waals surface area (Å²) in [5, 5.41) is 0. The molecule has 0 radical (unpaired) electrons. The Morgan fingerprint density at radius 1 is 0.341 bits per heavy atom. The van der Waals surface area contributed by atoms with Crippen LogP contribution in [-0.4, -0.2) is 0 Å². The first-order valence-corrected chi connectivity index (χ1v) is 29.3. The Balaban J connectivity index is 0.00000312. The van der Waals surface area contributed by atoms with Crippen molar-refractivity contribution >= 4 is 39.7 Å². The van der Waals surface area contributed by atoms with Crippen LogP contribution in [0.4, 0.5) is 34.1 Å². The van der Waals surface area contributed by atoms with Crippen LogP contribution in [0, 0.1) is 26.7 Å². The van der Waals surface area contributed by atoms with E-state index in [2.05, 4.69) is 311 Å². The molecule has 3 aliphatic carbocycles. The summed E-state index contributed by atoms with van der Waals surface area (Å²) in [5.74, 6) is 0.489. The van der Waals surface area contributed by atoms with Crippen LogP contribution in [0.3, 0.4) is 0 Å². The number of hydrogen-bond donors (Lipinski definition) is 0. The van der Waals surface area contributed by atoms with Crippen LogP contribution in [0.2, 0.25) is 0 Å². The fraction of sp³-hybridized carbons (Fsp3) is 0.125. The fourth-order valence-electron chi connectivity index (χ4n) is 13.5. The third-order valence-corrected chi connectivity index (χ3v) is 17.7. The van der Waals surface area contributed by atoms with Gasteiger partial charge in [-0.2, -0.15) is 0 Å². The maximum Gasteiger partial charge on any atom is 0.0727 e. The van der Waals surface area contributed by atoms with Gasteiger partial charge in [0.15, 0.2) is 0 Å². The average Bonchev–Trinajstić information content (AvgIpc) is 1.59. The Morgan fingerprint density at radius 3 is 1.23 bits per heavy atom. The standard InChI is InChI=1S/C78H62N2.C2H6/c1-51-22-18-30-65(55(51)5)69-50-63(44-38-54(69)4)80(61-47-41-59(42-48-61)57-25-10-7-11-26-57)75-36-20-34-73-77(75)67-29-15-17-32-71(67)78(73)70-31-16-14-28-66(70)76-72(78)33-19-35-74(76)79(60-45-39-58(40-46-60)56-23-8-6-9-24-56)62-43-37-53(3)68(49-62)64-27-13-12-21-52(64)2;1-2/h6-21,23-51H,22H2,1-5H3;1-2H3. The summed E-state index contributed by atoms with van der Waals surface area (Å²) in [5.41, 5.74) is 31.4. The van der Waals surface area contributed by atoms with Gasteiger partial charge in [0.05, 0.1) is 16.8 Å². The molecule has 0 saturated heterocycles. The molecule has 2 atom stereocenters. The molecule has 0 saturated carbocycles. The zero-order valence-electron chi connectivity index (χ0n) is 48.1. The predicted molar refractivity (Wildman–Crippen MR) is 349 cm³/mol. The van der Waals surface area contributed by atoms with Crippen LogP contribution in [0.25, 0.3) is 61.2 Å². The van der Waals surface area contributed by atoms with Gasteiger partial charge in [-0.15, -0.1) is 0 Å². The number of anilines is 6. The Morgan fingerprint density at radius 2 is 0.732 bits per heavy atom. The van der Waals surface area contributed by atoms with E-state index < -0.39 is 5.41 Å². The van der Waals surface area contributed by atoms with Gasteiger partial charge in [0, 0.05) is 33.9 Å². The van der Waals surface area contributed by atoms with E-state index >= 15 is 0 Å². The third-order valence-electron chi connectivity index (χ3n) is 17.7. The largest absolute Gasteiger partial charge is 0.310 e. The quantitative estimate of drug-likeness (QED) is 0.135. The number of aryl methyl sites for hydroxylation is 3. The highest BCUT2D eigenvalue weighted by atomic mass is 15.2. The Labute approximate surface area is 485 Å². The summed E-state index contributed by atoms with van der Waals surface area (Å²) in [6.45, 7) is 15.4. The number of benzene rings is 11. The second kappa shape index (κ2) is 21.5. The molecule has 2 unspecified atom stereocenters. The number of fused-ring (bicyclic) bond motifs is 10. The molecular formula is C80H68N2. The molecule has 0 aliphatic heterocycles. The Kier molecular flexibility index (Phi) is 13.6. The first kappa shape index (κ1) is 51.9. The number of allylic oxidation sites excluding steroid dienone is 4. The van der Waals surface area contributed by atoms with E-state index in [-0.39, 0.29) is 0 Å². The zero-order valence-corrected chi connectivity index (χ0v) is 48.1. The van der Waals surface area contributed by atoms with Crippen LogP contribution < -0.4 is 9.80 Å². The van der Waals surface area contributed by atoms with E-state index in [1.807, 2.05) is 13.8 Å². The molecule has 0 bridgehead atoms. The van der Waals surface area contributed by atoms with Crippen molar-refractivity contribution in [3.63, 3.8) is 0 Å². The van der Waals surface area contributed by atoms with Crippen molar-refractivity contribution in [2.24, 2.45) is 5.92 Å².